The van der Waals surface area contributed by atoms with Gasteiger partial charge in [-0.3, -0.25) is 4.57 Å². The summed E-state index contributed by atoms with van der Waals surface area (Å²) in [5, 5.41) is 0. The van der Waals surface area contributed by atoms with E-state index in [1.54, 1.807) is 0 Å². The molecule has 0 rings (SSSR count). The minimum absolute atomic E-state index is 0.578. The van der Waals surface area contributed by atoms with E-state index in [0.29, 0.717) is 12.1 Å². The topological polar surface area (TPSA) is 39.3 Å². The monoisotopic (exact) mass is 246 g/mol. The van der Waals surface area contributed by atoms with Gasteiger partial charge < -0.3 is 14.9 Å². The van der Waals surface area contributed by atoms with E-state index in [0.717, 1.165) is 0 Å². The lowest BCUT2D eigenvalue weighted by Crippen LogP contribution is -2.81. The molecule has 2 atom stereocenters. The zero-order chi connectivity index (χ0) is 12.8. The summed E-state index contributed by atoms with van der Waals surface area (Å²) in [7, 11) is 4.18. The number of nitrogens with one attached hydrogen (secondary N) is 3. The quantitative estimate of drug-likeness (QED) is 0.558. The molecule has 0 aliphatic heterocycles. The van der Waals surface area contributed by atoms with Crippen LogP contribution in [0.15, 0.2) is 0 Å². The first-order valence-corrected chi connectivity index (χ1v) is 8.32. The molecule has 0 aliphatic rings. The van der Waals surface area contributed by atoms with Gasteiger partial charge in [0.25, 0.3) is 0 Å². The van der Waals surface area contributed by atoms with E-state index in [1.807, 2.05) is 21.1 Å². The van der Waals surface area contributed by atoms with Gasteiger partial charge in [0.05, 0.1) is 0 Å². The van der Waals surface area contributed by atoms with E-state index in [9.17, 15) is 0 Å². The summed E-state index contributed by atoms with van der Waals surface area (Å²) in [6, 6.07) is 1.16. The van der Waals surface area contributed by atoms with Crippen molar-refractivity contribution in [2.45, 2.75) is 52.6 Å². The molecule has 16 heavy (non-hydrogen) atoms. The highest BCUT2D eigenvalue weighted by Gasteiger charge is 2.41. The van der Waals surface area contributed by atoms with Gasteiger partial charge in [0.1, 0.15) is 0 Å². The van der Waals surface area contributed by atoms with E-state index >= 15 is 0 Å². The maximum Gasteiger partial charge on any atom is 0.368 e. The Morgan fingerprint density at radius 3 is 1.38 bits per heavy atom. The minimum atomic E-state index is -1.93. The van der Waals surface area contributed by atoms with Gasteiger partial charge >= 0.3 is 8.72 Å². The Labute approximate surface area is 102 Å². The fraction of sp³-hybridized carbons (Fsp3) is 1.00. The van der Waals surface area contributed by atoms with Crippen LogP contribution in [-0.2, 0) is 0 Å². The fourth-order valence-corrected chi connectivity index (χ4v) is 5.46. The van der Waals surface area contributed by atoms with Crippen LogP contribution in [0.2, 0.25) is 0 Å². The molecule has 0 radical (unpaired) electrons. The second kappa shape index (κ2) is 7.40. The molecule has 0 aliphatic carbocycles. The molecule has 0 bridgehead atoms. The third-order valence-corrected chi connectivity index (χ3v) is 7.43. The molecular weight excluding hydrogens is 216 g/mol. The molecule has 0 saturated carbocycles. The van der Waals surface area contributed by atoms with E-state index in [4.69, 9.17) is 0 Å². The molecule has 4 nitrogen and oxygen atoms in total. The summed E-state index contributed by atoms with van der Waals surface area (Å²) >= 11 is 0. The minimum Gasteiger partial charge on any atom is -0.303 e. The summed E-state index contributed by atoms with van der Waals surface area (Å²) in [5.74, 6) is 0. The van der Waals surface area contributed by atoms with E-state index in [1.165, 1.54) is 12.8 Å². The number of hydrogen-bond donors (Lipinski definition) is 3. The molecular formula is C11H30N4Si. The van der Waals surface area contributed by atoms with Crippen LogP contribution in [-0.4, -0.2) is 46.5 Å². The first-order chi connectivity index (χ1) is 7.52. The molecule has 98 valence electrons. The Balaban J connectivity index is 5.10. The Hall–Kier alpha value is 0.0569. The van der Waals surface area contributed by atoms with Crippen molar-refractivity contribution in [2.75, 3.05) is 21.1 Å². The number of rotatable bonds is 8. The molecule has 5 heteroatoms. The highest BCUT2D eigenvalue weighted by atomic mass is 28.4. The standard InChI is InChI=1S/C11H30N4Si/c1-8-10(3)15(11(4)9-2)16(12-5,13-6)14-7/h10-14H,8-9H2,1-7H3. The lowest BCUT2D eigenvalue weighted by atomic mass is 10.2. The predicted molar refractivity (Wildman–Crippen MR) is 74.3 cm³/mol. The Bertz CT molecular complexity index is 167. The van der Waals surface area contributed by atoms with Crippen LogP contribution < -0.4 is 14.9 Å². The second-order valence-corrected chi connectivity index (χ2v) is 7.82. The predicted octanol–water partition coefficient (Wildman–Crippen LogP) is 0.979. The van der Waals surface area contributed by atoms with Crippen LogP contribution in [0.3, 0.4) is 0 Å². The highest BCUT2D eigenvalue weighted by molar-refractivity contribution is 6.69. The van der Waals surface area contributed by atoms with Crippen LogP contribution in [0.1, 0.15) is 40.5 Å². The van der Waals surface area contributed by atoms with Crippen molar-refractivity contribution in [1.82, 2.24) is 19.5 Å². The van der Waals surface area contributed by atoms with Gasteiger partial charge in [-0.1, -0.05) is 27.7 Å². The van der Waals surface area contributed by atoms with Gasteiger partial charge in [-0.05, 0) is 34.0 Å². The first kappa shape index (κ1) is 16.1. The van der Waals surface area contributed by atoms with E-state index in [2.05, 4.69) is 47.2 Å². The average Bonchev–Trinajstić information content (AvgIpc) is 2.34. The third kappa shape index (κ3) is 3.27. The van der Waals surface area contributed by atoms with Crippen molar-refractivity contribution in [1.29, 1.82) is 0 Å². The molecule has 0 saturated heterocycles. The normalized spacial score (nSPS) is 16.5. The fourth-order valence-electron chi connectivity index (χ4n) is 2.25. The van der Waals surface area contributed by atoms with Gasteiger partial charge in [0, 0.05) is 12.1 Å². The van der Waals surface area contributed by atoms with Crippen molar-refractivity contribution in [3.05, 3.63) is 0 Å². The van der Waals surface area contributed by atoms with Crippen molar-refractivity contribution in [3.63, 3.8) is 0 Å². The average molecular weight is 246 g/mol. The van der Waals surface area contributed by atoms with Gasteiger partial charge in [0.2, 0.25) is 0 Å². The van der Waals surface area contributed by atoms with Gasteiger partial charge in [-0.2, -0.15) is 0 Å². The summed E-state index contributed by atoms with van der Waals surface area (Å²) in [4.78, 5) is 10.5. The molecule has 0 fully saturated rings. The summed E-state index contributed by atoms with van der Waals surface area (Å²) in [6.45, 7) is 9.11. The third-order valence-electron chi connectivity index (χ3n) is 3.60. The molecule has 0 aromatic carbocycles. The molecule has 0 spiro atoms. The van der Waals surface area contributed by atoms with Gasteiger partial charge in [0.15, 0.2) is 0 Å². The molecule has 0 aromatic heterocycles. The maximum atomic E-state index is 3.49. The lowest BCUT2D eigenvalue weighted by Gasteiger charge is -2.46. The SMILES string of the molecule is CCC(C)N(C(C)CC)[Si](NC)(NC)NC. The van der Waals surface area contributed by atoms with Crippen LogP contribution >= 0.6 is 0 Å². The van der Waals surface area contributed by atoms with Crippen LogP contribution in [0.4, 0.5) is 0 Å². The number of nitrogens with zero attached hydrogens (tertiary/aromatic N) is 1. The maximum absolute atomic E-state index is 3.49. The molecule has 3 N–H and O–H groups in total. The Morgan fingerprint density at radius 1 is 0.875 bits per heavy atom. The van der Waals surface area contributed by atoms with Crippen LogP contribution in [0.25, 0.3) is 0 Å². The smallest absolute Gasteiger partial charge is 0.303 e. The number of hydrogen-bond acceptors (Lipinski definition) is 4. The summed E-state index contributed by atoms with van der Waals surface area (Å²) in [5.41, 5.74) is 0. The first-order valence-electron chi connectivity index (χ1n) is 6.38. The van der Waals surface area contributed by atoms with Crippen molar-refractivity contribution < 1.29 is 0 Å². The van der Waals surface area contributed by atoms with E-state index in [-0.39, 0.29) is 0 Å². The summed E-state index contributed by atoms with van der Waals surface area (Å²) < 4.78 is 2.60. The van der Waals surface area contributed by atoms with Crippen molar-refractivity contribution >= 4 is 8.72 Å². The summed E-state index contributed by atoms with van der Waals surface area (Å²) in [6.07, 6.45) is 2.34. The molecule has 2 unspecified atom stereocenters. The lowest BCUT2D eigenvalue weighted by molar-refractivity contribution is 0.235. The molecule has 0 heterocycles. The Kier molecular flexibility index (Phi) is 7.42. The van der Waals surface area contributed by atoms with E-state index < -0.39 is 8.72 Å². The van der Waals surface area contributed by atoms with Gasteiger partial charge in [-0.25, -0.2) is 0 Å². The van der Waals surface area contributed by atoms with Crippen LogP contribution in [0, 0.1) is 0 Å². The van der Waals surface area contributed by atoms with Crippen molar-refractivity contribution in [3.8, 4) is 0 Å². The largest absolute Gasteiger partial charge is 0.368 e. The Morgan fingerprint density at radius 2 is 1.19 bits per heavy atom. The van der Waals surface area contributed by atoms with Crippen molar-refractivity contribution in [2.24, 2.45) is 0 Å². The zero-order valence-electron chi connectivity index (χ0n) is 12.0. The van der Waals surface area contributed by atoms with Crippen LogP contribution in [0.5, 0.6) is 0 Å². The molecule has 0 amide bonds. The zero-order valence-corrected chi connectivity index (χ0v) is 13.0. The van der Waals surface area contributed by atoms with Gasteiger partial charge in [-0.15, -0.1) is 0 Å². The second-order valence-electron chi connectivity index (χ2n) is 4.38. The molecule has 0 aromatic rings. The highest BCUT2D eigenvalue weighted by Crippen LogP contribution is 2.15.